The van der Waals surface area contributed by atoms with Gasteiger partial charge in [0, 0.05) is 0 Å². The summed E-state index contributed by atoms with van der Waals surface area (Å²) < 4.78 is 0. The van der Waals surface area contributed by atoms with Crippen LogP contribution in [0.3, 0.4) is 0 Å². The summed E-state index contributed by atoms with van der Waals surface area (Å²) in [5, 5.41) is 8.09. The molecule has 2 rings (SSSR count). The van der Waals surface area contributed by atoms with Crippen molar-refractivity contribution >= 4 is 7.85 Å². The van der Waals surface area contributed by atoms with Crippen molar-refractivity contribution in [1.82, 2.24) is 15.0 Å². The van der Waals surface area contributed by atoms with Gasteiger partial charge in [0.05, 0.1) is 25.9 Å². The van der Waals surface area contributed by atoms with Gasteiger partial charge in [-0.15, -0.1) is 0 Å². The number of nitrogens with zero attached hydrogens (tertiary/aromatic N) is 3. The van der Waals surface area contributed by atoms with E-state index < -0.39 is 0 Å². The Labute approximate surface area is 77.8 Å². The Morgan fingerprint density at radius 3 is 2.54 bits per heavy atom. The number of para-hydroxylation sites is 1. The molecule has 0 bridgehead atoms. The smallest absolute Gasteiger partial charge is 0.0880 e. The molecule has 0 atom stereocenters. The first-order valence-corrected chi connectivity index (χ1v) is 4.06. The summed E-state index contributed by atoms with van der Waals surface area (Å²) in [6.07, 6.45) is 3.79. The second-order valence-electron chi connectivity index (χ2n) is 2.65. The molecule has 0 aliphatic rings. The third-order valence-electron chi connectivity index (χ3n) is 1.85. The predicted octanol–water partition coefficient (Wildman–Crippen LogP) is 0.936. The van der Waals surface area contributed by atoms with Crippen molar-refractivity contribution in [3.8, 4) is 5.69 Å². The fourth-order valence-electron chi connectivity index (χ4n) is 1.22. The molecule has 0 amide bonds. The van der Waals surface area contributed by atoms with Crippen LogP contribution >= 0.6 is 0 Å². The van der Waals surface area contributed by atoms with Gasteiger partial charge in [-0.2, -0.15) is 15.0 Å². The van der Waals surface area contributed by atoms with Gasteiger partial charge in [-0.1, -0.05) is 24.5 Å². The molecule has 0 fully saturated rings. The van der Waals surface area contributed by atoms with Gasteiger partial charge in [-0.3, -0.25) is 0 Å². The van der Waals surface area contributed by atoms with E-state index in [9.17, 15) is 0 Å². The monoisotopic (exact) mass is 169 g/mol. The molecule has 0 aliphatic heterocycles. The second kappa shape index (κ2) is 3.43. The lowest BCUT2D eigenvalue weighted by atomic mass is 9.96. The molecule has 0 N–H and O–H groups in total. The largest absolute Gasteiger partial charge is 0.157 e. The molecule has 3 nitrogen and oxygen atoms in total. The molecule has 1 aromatic carbocycles. The minimum Gasteiger partial charge on any atom is -0.157 e. The standard InChI is InChI=1S/C9H8BN3/c10-7-8-3-1-2-4-9(8)13-11-5-6-12-13/h1-6H,7H2. The van der Waals surface area contributed by atoms with Crippen LogP contribution in [0.1, 0.15) is 5.56 Å². The number of benzene rings is 1. The molecule has 0 saturated carbocycles. The summed E-state index contributed by atoms with van der Waals surface area (Å²) in [5.41, 5.74) is 1.98. The normalized spacial score (nSPS) is 10.2. The van der Waals surface area contributed by atoms with Gasteiger partial charge in [0.25, 0.3) is 0 Å². The number of hydrogen-bond acceptors (Lipinski definition) is 2. The lowest BCUT2D eigenvalue weighted by molar-refractivity contribution is 0.746. The van der Waals surface area contributed by atoms with Crippen LogP contribution < -0.4 is 0 Å². The zero-order valence-corrected chi connectivity index (χ0v) is 7.09. The first-order valence-electron chi connectivity index (χ1n) is 4.06. The molecule has 0 aliphatic carbocycles. The van der Waals surface area contributed by atoms with Crippen LogP contribution in [0.2, 0.25) is 0 Å². The van der Waals surface area contributed by atoms with Crippen molar-refractivity contribution in [3.05, 3.63) is 42.2 Å². The van der Waals surface area contributed by atoms with Gasteiger partial charge in [0.1, 0.15) is 0 Å². The highest BCUT2D eigenvalue weighted by Gasteiger charge is 2.01. The van der Waals surface area contributed by atoms with Gasteiger partial charge in [0.15, 0.2) is 0 Å². The van der Waals surface area contributed by atoms with Crippen LogP contribution in [0.15, 0.2) is 36.7 Å². The quantitative estimate of drug-likeness (QED) is 0.626. The van der Waals surface area contributed by atoms with Crippen LogP contribution in [-0.2, 0) is 6.32 Å². The Balaban J connectivity index is 2.51. The highest BCUT2D eigenvalue weighted by Crippen LogP contribution is 2.11. The molecular formula is C9H8BN3. The maximum Gasteiger partial charge on any atom is 0.0880 e. The van der Waals surface area contributed by atoms with Crippen LogP contribution in [0, 0.1) is 0 Å². The lowest BCUT2D eigenvalue weighted by Gasteiger charge is -2.04. The van der Waals surface area contributed by atoms with Crippen LogP contribution in [0.25, 0.3) is 5.69 Å². The van der Waals surface area contributed by atoms with Crippen LogP contribution in [0.5, 0.6) is 0 Å². The van der Waals surface area contributed by atoms with Gasteiger partial charge in [-0.25, -0.2) is 0 Å². The Morgan fingerprint density at radius 1 is 1.15 bits per heavy atom. The average molecular weight is 169 g/mol. The number of hydrogen-bond donors (Lipinski definition) is 0. The zero-order chi connectivity index (χ0) is 9.10. The molecule has 1 heterocycles. The van der Waals surface area contributed by atoms with Crippen molar-refractivity contribution in [2.75, 3.05) is 0 Å². The first kappa shape index (κ1) is 8.04. The van der Waals surface area contributed by atoms with E-state index in [0.29, 0.717) is 6.32 Å². The Hall–Kier alpha value is -1.58. The highest BCUT2D eigenvalue weighted by atomic mass is 15.5. The third-order valence-corrected chi connectivity index (χ3v) is 1.85. The minimum absolute atomic E-state index is 0.498. The number of rotatable bonds is 2. The molecule has 2 aromatic rings. The summed E-state index contributed by atoms with van der Waals surface area (Å²) in [7, 11) is 5.59. The summed E-state index contributed by atoms with van der Waals surface area (Å²) in [6.45, 7) is 0. The Bertz CT molecular complexity index is 384. The summed E-state index contributed by atoms with van der Waals surface area (Å²) in [4.78, 5) is 1.57. The summed E-state index contributed by atoms with van der Waals surface area (Å²) in [6, 6.07) is 7.81. The van der Waals surface area contributed by atoms with E-state index in [0.717, 1.165) is 11.3 Å². The lowest BCUT2D eigenvalue weighted by Crippen LogP contribution is -2.02. The SMILES string of the molecule is [B]Cc1ccccc1-n1nccn1. The zero-order valence-electron chi connectivity index (χ0n) is 7.09. The maximum absolute atomic E-state index is 5.59. The highest BCUT2D eigenvalue weighted by molar-refractivity contribution is 6.08. The van der Waals surface area contributed by atoms with E-state index in [-0.39, 0.29) is 0 Å². The van der Waals surface area contributed by atoms with Gasteiger partial charge in [-0.05, 0) is 11.6 Å². The molecule has 0 saturated heterocycles. The Kier molecular flexibility index (Phi) is 2.12. The molecule has 0 spiro atoms. The van der Waals surface area contributed by atoms with Crippen LogP contribution in [-0.4, -0.2) is 22.8 Å². The topological polar surface area (TPSA) is 30.7 Å². The van der Waals surface area contributed by atoms with E-state index in [2.05, 4.69) is 10.2 Å². The molecule has 4 heteroatoms. The molecule has 1 aromatic heterocycles. The van der Waals surface area contributed by atoms with Crippen molar-refractivity contribution in [2.24, 2.45) is 0 Å². The van der Waals surface area contributed by atoms with Crippen molar-refractivity contribution in [3.63, 3.8) is 0 Å². The van der Waals surface area contributed by atoms with Crippen LogP contribution in [0.4, 0.5) is 0 Å². The third kappa shape index (κ3) is 1.47. The Morgan fingerprint density at radius 2 is 1.85 bits per heavy atom. The van der Waals surface area contributed by atoms with Crippen molar-refractivity contribution in [1.29, 1.82) is 0 Å². The molecule has 62 valence electrons. The van der Waals surface area contributed by atoms with Gasteiger partial charge < -0.3 is 0 Å². The molecule has 13 heavy (non-hydrogen) atoms. The maximum atomic E-state index is 5.59. The fourth-order valence-corrected chi connectivity index (χ4v) is 1.22. The molecule has 0 unspecified atom stereocenters. The van der Waals surface area contributed by atoms with E-state index in [1.807, 2.05) is 24.3 Å². The van der Waals surface area contributed by atoms with Crippen molar-refractivity contribution < 1.29 is 0 Å². The molecule has 2 radical (unpaired) electrons. The van der Waals surface area contributed by atoms with E-state index in [1.54, 1.807) is 17.2 Å². The number of aromatic nitrogens is 3. The molecular weight excluding hydrogens is 161 g/mol. The van der Waals surface area contributed by atoms with Gasteiger partial charge >= 0.3 is 0 Å². The van der Waals surface area contributed by atoms with E-state index >= 15 is 0 Å². The average Bonchev–Trinajstić information content (AvgIpc) is 2.70. The second-order valence-corrected chi connectivity index (χ2v) is 2.65. The van der Waals surface area contributed by atoms with Crippen molar-refractivity contribution in [2.45, 2.75) is 6.32 Å². The summed E-state index contributed by atoms with van der Waals surface area (Å²) in [5.74, 6) is 0. The predicted molar refractivity (Wildman–Crippen MR) is 50.8 cm³/mol. The first-order chi connectivity index (χ1) is 6.42. The summed E-state index contributed by atoms with van der Waals surface area (Å²) >= 11 is 0. The van der Waals surface area contributed by atoms with E-state index in [4.69, 9.17) is 7.85 Å². The van der Waals surface area contributed by atoms with Gasteiger partial charge in [0.2, 0.25) is 0 Å². The van der Waals surface area contributed by atoms with E-state index in [1.165, 1.54) is 0 Å². The minimum atomic E-state index is 0.498. The fraction of sp³-hybridized carbons (Fsp3) is 0.111.